The molecule has 4 bridgehead atoms. The van der Waals surface area contributed by atoms with Crippen molar-refractivity contribution in [1.29, 1.82) is 0 Å². The molecule has 1 aromatic heterocycles. The number of likely N-dealkylation sites (tertiary alicyclic amines) is 1. The Morgan fingerprint density at radius 1 is 1.19 bits per heavy atom. The van der Waals surface area contributed by atoms with Crippen molar-refractivity contribution >= 4 is 34.3 Å². The van der Waals surface area contributed by atoms with Crippen LogP contribution in [0.3, 0.4) is 0 Å². The van der Waals surface area contributed by atoms with Crippen molar-refractivity contribution in [3.63, 3.8) is 0 Å². The highest BCUT2D eigenvalue weighted by Gasteiger charge is 2.56. The van der Waals surface area contributed by atoms with Crippen molar-refractivity contribution in [2.75, 3.05) is 18.5 Å². The van der Waals surface area contributed by atoms with Gasteiger partial charge in [-0.3, -0.25) is 14.4 Å². The van der Waals surface area contributed by atoms with Gasteiger partial charge in [-0.25, -0.2) is 4.98 Å². The van der Waals surface area contributed by atoms with Crippen molar-refractivity contribution in [1.82, 2.24) is 9.88 Å². The lowest BCUT2D eigenvalue weighted by molar-refractivity contribution is -0.160. The van der Waals surface area contributed by atoms with E-state index in [2.05, 4.69) is 10.3 Å². The van der Waals surface area contributed by atoms with E-state index in [1.807, 2.05) is 4.90 Å². The van der Waals surface area contributed by atoms with Gasteiger partial charge in [-0.1, -0.05) is 0 Å². The van der Waals surface area contributed by atoms with Crippen molar-refractivity contribution < 1.29 is 19.1 Å². The molecule has 1 aliphatic heterocycles. The summed E-state index contributed by atoms with van der Waals surface area (Å²) in [4.78, 5) is 44.7. The molecule has 2 heterocycles. The maximum atomic E-state index is 13.7. The van der Waals surface area contributed by atoms with Crippen molar-refractivity contribution in [2.24, 2.45) is 23.2 Å². The summed E-state index contributed by atoms with van der Waals surface area (Å²) in [5.41, 5.74) is 0.373. The Kier molecular flexibility index (Phi) is 5.52. The van der Waals surface area contributed by atoms with Crippen LogP contribution in [0.5, 0.6) is 0 Å². The Balaban J connectivity index is 1.24. The standard InChI is InChI=1S/C23H31N3O4S/c1-2-30-19(27)9-17-13-31-22(24-17)25-20(28)18-4-3-5-26(18)21(29)23-10-14-6-15(11-23)8-16(7-14)12-23/h13-16,18H,2-12H2,1H3,(H,24,25,28)/t14?,15?,16?,18-,23?/m1/s1. The first-order chi connectivity index (χ1) is 15.0. The number of thiazole rings is 1. The van der Waals surface area contributed by atoms with Gasteiger partial charge in [0.1, 0.15) is 6.04 Å². The van der Waals surface area contributed by atoms with Crippen molar-refractivity contribution in [2.45, 2.75) is 70.8 Å². The van der Waals surface area contributed by atoms with E-state index >= 15 is 0 Å². The lowest BCUT2D eigenvalue weighted by atomic mass is 9.49. The Labute approximate surface area is 186 Å². The van der Waals surface area contributed by atoms with E-state index in [-0.39, 0.29) is 29.6 Å². The van der Waals surface area contributed by atoms with Crippen LogP contribution < -0.4 is 5.32 Å². The minimum Gasteiger partial charge on any atom is -0.466 e. The zero-order valence-corrected chi connectivity index (χ0v) is 18.9. The Hall–Kier alpha value is -1.96. The van der Waals surface area contributed by atoms with Crippen molar-refractivity contribution in [3.05, 3.63) is 11.1 Å². The summed E-state index contributed by atoms with van der Waals surface area (Å²) in [5, 5.41) is 5.12. The van der Waals surface area contributed by atoms with Gasteiger partial charge in [-0.15, -0.1) is 11.3 Å². The average Bonchev–Trinajstić information content (AvgIpc) is 3.36. The largest absolute Gasteiger partial charge is 0.466 e. The average molecular weight is 446 g/mol. The molecule has 1 N–H and O–H groups in total. The van der Waals surface area contributed by atoms with Gasteiger partial charge in [0.15, 0.2) is 5.13 Å². The van der Waals surface area contributed by atoms with E-state index in [0.29, 0.717) is 48.2 Å². The Morgan fingerprint density at radius 2 is 1.87 bits per heavy atom. The molecule has 7 nitrogen and oxygen atoms in total. The van der Waals surface area contributed by atoms with E-state index in [9.17, 15) is 14.4 Å². The molecule has 5 fully saturated rings. The summed E-state index contributed by atoms with van der Waals surface area (Å²) in [5.74, 6) is 1.86. The minimum absolute atomic E-state index is 0.0975. The van der Waals surface area contributed by atoms with Crippen LogP contribution in [0.1, 0.15) is 64.0 Å². The fourth-order valence-corrected chi connectivity index (χ4v) is 7.67. The first-order valence-electron chi connectivity index (χ1n) is 11.7. The number of aromatic nitrogens is 1. The SMILES string of the molecule is CCOC(=O)Cc1csc(NC(=O)[C@H]2CCCN2C(=O)C23CC4CC(CC(C4)C2)C3)n1. The number of nitrogens with one attached hydrogen (secondary N) is 1. The van der Waals surface area contributed by atoms with Crippen LogP contribution in [0.25, 0.3) is 0 Å². The van der Waals surface area contributed by atoms with Crippen LogP contribution in [0, 0.1) is 23.2 Å². The Bertz CT molecular complexity index is 847. The molecule has 4 saturated carbocycles. The summed E-state index contributed by atoms with van der Waals surface area (Å²) in [6.07, 6.45) is 8.62. The fraction of sp³-hybridized carbons (Fsp3) is 0.739. The molecule has 0 radical (unpaired) electrons. The van der Waals surface area contributed by atoms with Gasteiger partial charge in [0.25, 0.3) is 0 Å². The number of anilines is 1. The van der Waals surface area contributed by atoms with Crippen molar-refractivity contribution in [3.8, 4) is 0 Å². The van der Waals surface area contributed by atoms with Crippen LogP contribution >= 0.6 is 11.3 Å². The molecule has 1 aromatic rings. The highest BCUT2D eigenvalue weighted by molar-refractivity contribution is 7.13. The summed E-state index contributed by atoms with van der Waals surface area (Å²) in [6.45, 7) is 2.77. The first kappa shape index (κ1) is 20.9. The highest BCUT2D eigenvalue weighted by atomic mass is 32.1. The summed E-state index contributed by atoms with van der Waals surface area (Å²) in [6, 6.07) is -0.419. The van der Waals surface area contributed by atoms with Crippen LogP contribution in [0.15, 0.2) is 5.38 Å². The number of carbonyl (C=O) groups excluding carboxylic acids is 3. The summed E-state index contributed by atoms with van der Waals surface area (Å²) in [7, 11) is 0. The second kappa shape index (κ2) is 8.19. The predicted molar refractivity (Wildman–Crippen MR) is 116 cm³/mol. The maximum absolute atomic E-state index is 13.7. The van der Waals surface area contributed by atoms with Crippen LogP contribution in [-0.2, 0) is 25.5 Å². The first-order valence-corrected chi connectivity index (χ1v) is 12.6. The zero-order valence-electron chi connectivity index (χ0n) is 18.1. The van der Waals surface area contributed by atoms with Crippen LogP contribution in [0.2, 0.25) is 0 Å². The maximum Gasteiger partial charge on any atom is 0.311 e. The van der Waals surface area contributed by atoms with E-state index < -0.39 is 6.04 Å². The van der Waals surface area contributed by atoms with E-state index in [4.69, 9.17) is 4.74 Å². The fourth-order valence-electron chi connectivity index (χ4n) is 6.95. The second-order valence-electron chi connectivity index (χ2n) is 9.97. The van der Waals surface area contributed by atoms with Gasteiger partial charge >= 0.3 is 5.97 Å². The summed E-state index contributed by atoms with van der Waals surface area (Å²) < 4.78 is 4.95. The van der Waals surface area contributed by atoms with Crippen LogP contribution in [-0.4, -0.2) is 46.9 Å². The number of hydrogen-bond acceptors (Lipinski definition) is 6. The third kappa shape index (κ3) is 3.99. The summed E-state index contributed by atoms with van der Waals surface area (Å²) >= 11 is 1.30. The monoisotopic (exact) mass is 445 g/mol. The van der Waals surface area contributed by atoms with E-state index in [1.165, 1.54) is 30.6 Å². The Morgan fingerprint density at radius 3 is 2.52 bits per heavy atom. The molecule has 31 heavy (non-hydrogen) atoms. The number of rotatable bonds is 6. The molecule has 0 spiro atoms. The van der Waals surface area contributed by atoms with Gasteiger partial charge in [0, 0.05) is 11.9 Å². The van der Waals surface area contributed by atoms with E-state index in [1.54, 1.807) is 12.3 Å². The molecule has 0 aromatic carbocycles. The molecule has 4 aliphatic carbocycles. The molecule has 6 rings (SSSR count). The topological polar surface area (TPSA) is 88.6 Å². The molecular weight excluding hydrogens is 414 g/mol. The molecule has 2 amide bonds. The molecule has 1 saturated heterocycles. The van der Waals surface area contributed by atoms with Gasteiger partial charge in [0.05, 0.1) is 24.1 Å². The zero-order chi connectivity index (χ0) is 21.6. The third-order valence-corrected chi connectivity index (χ3v) is 8.53. The number of hydrogen-bond donors (Lipinski definition) is 1. The molecule has 5 aliphatic rings. The molecule has 8 heteroatoms. The normalized spacial score (nSPS) is 33.5. The van der Waals surface area contributed by atoms with Gasteiger partial charge < -0.3 is 15.0 Å². The quantitative estimate of drug-likeness (QED) is 0.678. The predicted octanol–water partition coefficient (Wildman–Crippen LogP) is 3.39. The number of carbonyl (C=O) groups is 3. The number of nitrogens with zero attached hydrogens (tertiary/aromatic N) is 2. The molecule has 168 valence electrons. The highest BCUT2D eigenvalue weighted by Crippen LogP contribution is 2.60. The minimum atomic E-state index is -0.419. The number of ether oxygens (including phenoxy) is 1. The lowest BCUT2D eigenvalue weighted by Crippen LogP contribution is -2.56. The van der Waals surface area contributed by atoms with E-state index in [0.717, 1.165) is 25.7 Å². The second-order valence-corrected chi connectivity index (χ2v) is 10.8. The van der Waals surface area contributed by atoms with Crippen LogP contribution in [0.4, 0.5) is 5.13 Å². The number of amides is 2. The molecule has 1 atom stereocenters. The van der Waals surface area contributed by atoms with Gasteiger partial charge in [-0.05, 0) is 76.0 Å². The molecular formula is C23H31N3O4S. The lowest BCUT2D eigenvalue weighted by Gasteiger charge is -2.56. The van der Waals surface area contributed by atoms with Gasteiger partial charge in [-0.2, -0.15) is 0 Å². The van der Waals surface area contributed by atoms with Gasteiger partial charge in [0.2, 0.25) is 11.8 Å². The smallest absolute Gasteiger partial charge is 0.311 e. The third-order valence-electron chi connectivity index (χ3n) is 7.72. The number of esters is 1. The molecule has 0 unspecified atom stereocenters.